The summed E-state index contributed by atoms with van der Waals surface area (Å²) in [6, 6.07) is 0.129. The van der Waals surface area contributed by atoms with Crippen LogP contribution in [0.2, 0.25) is 0 Å². The van der Waals surface area contributed by atoms with Gasteiger partial charge in [-0.1, -0.05) is 23.9 Å². The molecule has 0 aromatic rings. The van der Waals surface area contributed by atoms with E-state index in [0.717, 1.165) is 0 Å². The third kappa shape index (κ3) is 7.49. The van der Waals surface area contributed by atoms with E-state index in [2.05, 4.69) is 21.9 Å². The van der Waals surface area contributed by atoms with Crippen molar-refractivity contribution in [3.8, 4) is 0 Å². The Hall–Kier alpha value is -1.58. The van der Waals surface area contributed by atoms with Gasteiger partial charge in [0.15, 0.2) is 0 Å². The highest BCUT2D eigenvalue weighted by atomic mass is 16.6. The second-order valence-corrected chi connectivity index (χ2v) is 3.26. The van der Waals surface area contributed by atoms with Gasteiger partial charge in [-0.2, -0.15) is 0 Å². The van der Waals surface area contributed by atoms with Crippen LogP contribution in [-0.2, 0) is 9.63 Å². The SMILES string of the molecule is C=C/C=C\C(CC(=O)NC(C)C)=N\OC. The number of carbonyl (C=O) groups is 1. The van der Waals surface area contributed by atoms with Crippen LogP contribution in [0, 0.1) is 0 Å². The predicted molar refractivity (Wildman–Crippen MR) is 61.7 cm³/mol. The van der Waals surface area contributed by atoms with E-state index in [0.29, 0.717) is 5.71 Å². The minimum absolute atomic E-state index is 0.0745. The first-order chi connectivity index (χ1) is 7.10. The number of carbonyl (C=O) groups excluding carboxylic acids is 1. The molecule has 0 atom stereocenters. The quantitative estimate of drug-likeness (QED) is 0.411. The fourth-order valence-electron chi connectivity index (χ4n) is 0.956. The molecule has 0 aliphatic carbocycles. The lowest BCUT2D eigenvalue weighted by atomic mass is 10.2. The Morgan fingerprint density at radius 1 is 1.60 bits per heavy atom. The van der Waals surface area contributed by atoms with Crippen LogP contribution in [0.3, 0.4) is 0 Å². The first kappa shape index (κ1) is 13.4. The lowest BCUT2D eigenvalue weighted by molar-refractivity contribution is -0.120. The minimum atomic E-state index is -0.0745. The molecule has 84 valence electrons. The maximum atomic E-state index is 11.4. The molecule has 0 spiro atoms. The predicted octanol–water partition coefficient (Wildman–Crippen LogP) is 1.65. The van der Waals surface area contributed by atoms with Gasteiger partial charge in [0, 0.05) is 6.04 Å². The van der Waals surface area contributed by atoms with Crippen LogP contribution in [0.25, 0.3) is 0 Å². The van der Waals surface area contributed by atoms with E-state index in [4.69, 9.17) is 0 Å². The van der Waals surface area contributed by atoms with Crippen molar-refractivity contribution in [2.75, 3.05) is 7.11 Å². The van der Waals surface area contributed by atoms with Gasteiger partial charge in [0.2, 0.25) is 5.91 Å². The minimum Gasteiger partial charge on any atom is -0.399 e. The molecule has 0 aromatic carbocycles. The second-order valence-electron chi connectivity index (χ2n) is 3.26. The smallest absolute Gasteiger partial charge is 0.226 e. The molecule has 4 nitrogen and oxygen atoms in total. The van der Waals surface area contributed by atoms with Gasteiger partial charge >= 0.3 is 0 Å². The summed E-state index contributed by atoms with van der Waals surface area (Å²) in [7, 11) is 1.45. The van der Waals surface area contributed by atoms with Crippen LogP contribution in [-0.4, -0.2) is 24.8 Å². The summed E-state index contributed by atoms with van der Waals surface area (Å²) in [6.07, 6.45) is 5.22. The molecular weight excluding hydrogens is 192 g/mol. The van der Waals surface area contributed by atoms with Crippen LogP contribution in [0.15, 0.2) is 30.0 Å². The molecule has 0 aliphatic heterocycles. The highest BCUT2D eigenvalue weighted by Crippen LogP contribution is 1.93. The standard InChI is InChI=1S/C11H18N2O2/c1-5-6-7-10(13-15-4)8-11(14)12-9(2)3/h5-7,9H,1,8H2,2-4H3,(H,12,14)/b7-6-,13-10-. The Morgan fingerprint density at radius 2 is 2.27 bits per heavy atom. The number of hydrogen-bond acceptors (Lipinski definition) is 3. The Kier molecular flexibility index (Phi) is 6.97. The zero-order valence-electron chi connectivity index (χ0n) is 9.49. The van der Waals surface area contributed by atoms with E-state index in [-0.39, 0.29) is 18.4 Å². The molecule has 0 bridgehead atoms. The summed E-state index contributed by atoms with van der Waals surface area (Å²) in [5, 5.41) is 6.50. The molecule has 15 heavy (non-hydrogen) atoms. The highest BCUT2D eigenvalue weighted by molar-refractivity contribution is 6.06. The Labute approximate surface area is 90.7 Å². The molecular formula is C11H18N2O2. The van der Waals surface area contributed by atoms with E-state index in [1.807, 2.05) is 13.8 Å². The van der Waals surface area contributed by atoms with Crippen molar-refractivity contribution in [3.05, 3.63) is 24.8 Å². The fourth-order valence-corrected chi connectivity index (χ4v) is 0.956. The van der Waals surface area contributed by atoms with Gasteiger partial charge in [0.25, 0.3) is 0 Å². The summed E-state index contributed by atoms with van der Waals surface area (Å²) in [5.41, 5.74) is 0.565. The summed E-state index contributed by atoms with van der Waals surface area (Å²) < 4.78 is 0. The van der Waals surface area contributed by atoms with Crippen molar-refractivity contribution in [1.82, 2.24) is 5.32 Å². The second kappa shape index (κ2) is 7.79. The lowest BCUT2D eigenvalue weighted by Crippen LogP contribution is -2.31. The van der Waals surface area contributed by atoms with Crippen molar-refractivity contribution in [2.45, 2.75) is 26.3 Å². The van der Waals surface area contributed by atoms with Crippen LogP contribution >= 0.6 is 0 Å². The zero-order valence-corrected chi connectivity index (χ0v) is 9.49. The van der Waals surface area contributed by atoms with Crippen LogP contribution < -0.4 is 5.32 Å². The largest absolute Gasteiger partial charge is 0.399 e. The van der Waals surface area contributed by atoms with Crippen molar-refractivity contribution in [1.29, 1.82) is 0 Å². The van der Waals surface area contributed by atoms with Gasteiger partial charge in [-0.25, -0.2) is 0 Å². The highest BCUT2D eigenvalue weighted by Gasteiger charge is 2.06. The molecule has 0 aromatic heterocycles. The van der Waals surface area contributed by atoms with Gasteiger partial charge in [0.1, 0.15) is 7.11 Å². The number of allylic oxidation sites excluding steroid dienone is 3. The number of nitrogens with one attached hydrogen (secondary N) is 1. The molecule has 0 rings (SSSR count). The molecule has 4 heteroatoms. The Morgan fingerprint density at radius 3 is 2.73 bits per heavy atom. The Bertz CT molecular complexity index is 268. The van der Waals surface area contributed by atoms with Gasteiger partial charge in [-0.05, 0) is 19.9 Å². The lowest BCUT2D eigenvalue weighted by Gasteiger charge is -2.07. The number of oxime groups is 1. The molecule has 0 saturated carbocycles. The van der Waals surface area contributed by atoms with Gasteiger partial charge in [-0.15, -0.1) is 0 Å². The third-order valence-electron chi connectivity index (χ3n) is 1.42. The van der Waals surface area contributed by atoms with E-state index in [1.54, 1.807) is 18.2 Å². The van der Waals surface area contributed by atoms with Crippen LogP contribution in [0.1, 0.15) is 20.3 Å². The normalized spacial score (nSPS) is 11.9. The first-order valence-electron chi connectivity index (χ1n) is 4.78. The number of amides is 1. The van der Waals surface area contributed by atoms with Crippen molar-refractivity contribution < 1.29 is 9.63 Å². The van der Waals surface area contributed by atoms with E-state index >= 15 is 0 Å². The fraction of sp³-hybridized carbons (Fsp3) is 0.455. The molecule has 0 fully saturated rings. The summed E-state index contributed by atoms with van der Waals surface area (Å²) >= 11 is 0. The molecule has 1 N–H and O–H groups in total. The van der Waals surface area contributed by atoms with E-state index < -0.39 is 0 Å². The first-order valence-corrected chi connectivity index (χ1v) is 4.78. The van der Waals surface area contributed by atoms with E-state index in [9.17, 15) is 4.79 Å². The molecule has 0 saturated heterocycles. The summed E-state index contributed by atoms with van der Waals surface area (Å²) in [4.78, 5) is 16.0. The molecule has 0 unspecified atom stereocenters. The van der Waals surface area contributed by atoms with Crippen molar-refractivity contribution in [2.24, 2.45) is 5.16 Å². The van der Waals surface area contributed by atoms with Crippen LogP contribution in [0.4, 0.5) is 0 Å². The number of hydrogen-bond donors (Lipinski definition) is 1. The molecule has 0 heterocycles. The molecule has 0 aliphatic rings. The summed E-state index contributed by atoms with van der Waals surface area (Å²) in [5.74, 6) is -0.0745. The zero-order chi connectivity index (χ0) is 11.7. The summed E-state index contributed by atoms with van der Waals surface area (Å²) in [6.45, 7) is 7.35. The van der Waals surface area contributed by atoms with Gasteiger partial charge in [-0.3, -0.25) is 4.79 Å². The van der Waals surface area contributed by atoms with Crippen LogP contribution in [0.5, 0.6) is 0 Å². The average Bonchev–Trinajstić information content (AvgIpc) is 2.13. The number of rotatable bonds is 6. The van der Waals surface area contributed by atoms with Crippen molar-refractivity contribution in [3.63, 3.8) is 0 Å². The maximum Gasteiger partial charge on any atom is 0.226 e. The molecule has 0 radical (unpaired) electrons. The Balaban J connectivity index is 4.29. The van der Waals surface area contributed by atoms with Gasteiger partial charge in [0.05, 0.1) is 12.1 Å². The number of nitrogens with zero attached hydrogens (tertiary/aromatic N) is 1. The topological polar surface area (TPSA) is 50.7 Å². The maximum absolute atomic E-state index is 11.4. The third-order valence-corrected chi connectivity index (χ3v) is 1.42. The molecule has 1 amide bonds. The van der Waals surface area contributed by atoms with E-state index in [1.165, 1.54) is 7.11 Å². The van der Waals surface area contributed by atoms with Crippen molar-refractivity contribution >= 4 is 11.6 Å². The monoisotopic (exact) mass is 210 g/mol. The average molecular weight is 210 g/mol. The van der Waals surface area contributed by atoms with Gasteiger partial charge < -0.3 is 10.2 Å².